The Hall–Kier alpha value is -2.04. The highest BCUT2D eigenvalue weighted by Crippen LogP contribution is 2.10. The number of benzene rings is 1. The van der Waals surface area contributed by atoms with E-state index >= 15 is 0 Å². The van der Waals surface area contributed by atoms with Crippen LogP contribution < -0.4 is 11.1 Å². The molecule has 0 fully saturated rings. The molecule has 1 amide bonds. The van der Waals surface area contributed by atoms with Crippen molar-refractivity contribution >= 4 is 17.6 Å². The van der Waals surface area contributed by atoms with Gasteiger partial charge >= 0.3 is 5.97 Å². The molecule has 0 saturated heterocycles. The van der Waals surface area contributed by atoms with Crippen molar-refractivity contribution in [2.45, 2.75) is 13.3 Å². The van der Waals surface area contributed by atoms with E-state index in [1.165, 1.54) is 0 Å². The number of carboxylic acid groups (broad SMARTS) is 1. The Morgan fingerprint density at radius 1 is 1.35 bits per heavy atom. The molecule has 0 saturated carbocycles. The lowest BCUT2D eigenvalue weighted by Gasteiger charge is -2.09. The van der Waals surface area contributed by atoms with Gasteiger partial charge in [-0.15, -0.1) is 0 Å². The summed E-state index contributed by atoms with van der Waals surface area (Å²) in [5.41, 5.74) is 6.41. The van der Waals surface area contributed by atoms with E-state index in [0.717, 1.165) is 5.69 Å². The molecule has 1 atom stereocenters. The van der Waals surface area contributed by atoms with E-state index in [1.807, 2.05) is 0 Å². The van der Waals surface area contributed by atoms with E-state index in [9.17, 15) is 9.59 Å². The van der Waals surface area contributed by atoms with Crippen LogP contribution in [0, 0.1) is 5.92 Å². The summed E-state index contributed by atoms with van der Waals surface area (Å²) in [7, 11) is 0. The highest BCUT2D eigenvalue weighted by atomic mass is 16.4. The first kappa shape index (κ1) is 13.0. The van der Waals surface area contributed by atoms with Gasteiger partial charge in [-0.3, -0.25) is 9.59 Å². The minimum Gasteiger partial charge on any atom is -0.481 e. The lowest BCUT2D eigenvalue weighted by atomic mass is 10.1. The van der Waals surface area contributed by atoms with Gasteiger partial charge in [0.25, 0.3) is 0 Å². The molecule has 0 aliphatic rings. The van der Waals surface area contributed by atoms with Crippen LogP contribution in [0.4, 0.5) is 5.69 Å². The summed E-state index contributed by atoms with van der Waals surface area (Å²) in [6, 6.07) is 6.74. The summed E-state index contributed by atoms with van der Waals surface area (Å²) in [6.45, 7) is 2.24. The molecular weight excluding hydrogens is 220 g/mol. The number of carbonyl (C=O) groups is 2. The normalized spacial score (nSPS) is 11.8. The van der Waals surface area contributed by atoms with Crippen molar-refractivity contribution in [3.05, 3.63) is 29.8 Å². The number of amides is 1. The van der Waals surface area contributed by atoms with Crippen molar-refractivity contribution in [2.75, 3.05) is 11.9 Å². The second-order valence-electron chi connectivity index (χ2n) is 3.90. The largest absolute Gasteiger partial charge is 0.481 e. The number of hydrogen-bond donors (Lipinski definition) is 3. The first-order valence-electron chi connectivity index (χ1n) is 5.37. The average Bonchev–Trinajstić information content (AvgIpc) is 2.29. The predicted octanol–water partition coefficient (Wildman–Crippen LogP) is 1.31. The molecule has 17 heavy (non-hydrogen) atoms. The first-order valence-corrected chi connectivity index (χ1v) is 5.37. The molecule has 1 rings (SSSR count). The molecule has 1 aromatic rings. The summed E-state index contributed by atoms with van der Waals surface area (Å²) < 4.78 is 0. The highest BCUT2D eigenvalue weighted by Gasteiger charge is 2.09. The van der Waals surface area contributed by atoms with Gasteiger partial charge in [0, 0.05) is 17.8 Å². The number of aliphatic carboxylic acids is 1. The number of carbonyl (C=O) groups excluding carboxylic acids is 1. The SMILES string of the molecule is CC(CCNc1ccc(C(N)=O)cc1)C(=O)O. The molecule has 0 radical (unpaired) electrons. The van der Waals surface area contributed by atoms with Crippen LogP contribution in [0.1, 0.15) is 23.7 Å². The number of primary amides is 1. The maximum Gasteiger partial charge on any atom is 0.306 e. The van der Waals surface area contributed by atoms with Gasteiger partial charge in [0.2, 0.25) is 5.91 Å². The van der Waals surface area contributed by atoms with Gasteiger partial charge in [0.05, 0.1) is 5.92 Å². The van der Waals surface area contributed by atoms with E-state index < -0.39 is 11.9 Å². The van der Waals surface area contributed by atoms with Gasteiger partial charge in [0.15, 0.2) is 0 Å². The van der Waals surface area contributed by atoms with Crippen LogP contribution in [0.15, 0.2) is 24.3 Å². The minimum absolute atomic E-state index is 0.368. The monoisotopic (exact) mass is 236 g/mol. The third kappa shape index (κ3) is 4.14. The zero-order valence-corrected chi connectivity index (χ0v) is 9.64. The van der Waals surface area contributed by atoms with Gasteiger partial charge in [-0.05, 0) is 30.7 Å². The first-order chi connectivity index (χ1) is 8.00. The van der Waals surface area contributed by atoms with Crippen LogP contribution in [-0.4, -0.2) is 23.5 Å². The van der Waals surface area contributed by atoms with Crippen LogP contribution in [0.3, 0.4) is 0 Å². The number of rotatable bonds is 6. The van der Waals surface area contributed by atoms with E-state index in [4.69, 9.17) is 10.8 Å². The number of hydrogen-bond acceptors (Lipinski definition) is 3. The Kier molecular flexibility index (Phi) is 4.51. The van der Waals surface area contributed by atoms with Crippen molar-refractivity contribution in [1.82, 2.24) is 0 Å². The standard InChI is InChI=1S/C12H16N2O3/c1-8(12(16)17)6-7-14-10-4-2-9(3-5-10)11(13)15/h2-5,8,14H,6-7H2,1H3,(H2,13,15)(H,16,17). The lowest BCUT2D eigenvalue weighted by molar-refractivity contribution is -0.141. The molecule has 92 valence electrons. The molecule has 1 aromatic carbocycles. The van der Waals surface area contributed by atoms with E-state index in [-0.39, 0.29) is 5.92 Å². The van der Waals surface area contributed by atoms with E-state index in [2.05, 4.69) is 5.32 Å². The summed E-state index contributed by atoms with van der Waals surface area (Å²) in [5, 5.41) is 11.8. The number of carboxylic acids is 1. The van der Waals surface area contributed by atoms with Crippen LogP contribution in [0.2, 0.25) is 0 Å². The molecule has 0 aliphatic heterocycles. The Morgan fingerprint density at radius 2 is 1.94 bits per heavy atom. The van der Waals surface area contributed by atoms with Crippen LogP contribution >= 0.6 is 0 Å². The third-order valence-corrected chi connectivity index (χ3v) is 2.50. The molecule has 0 heterocycles. The molecule has 5 heteroatoms. The minimum atomic E-state index is -0.795. The molecule has 5 nitrogen and oxygen atoms in total. The number of anilines is 1. The molecule has 4 N–H and O–H groups in total. The molecule has 0 bridgehead atoms. The van der Waals surface area contributed by atoms with Crippen LogP contribution in [0.5, 0.6) is 0 Å². The Morgan fingerprint density at radius 3 is 2.41 bits per heavy atom. The molecule has 0 spiro atoms. The smallest absolute Gasteiger partial charge is 0.306 e. The van der Waals surface area contributed by atoms with Crippen LogP contribution in [0.25, 0.3) is 0 Å². The second kappa shape index (κ2) is 5.89. The zero-order valence-electron chi connectivity index (χ0n) is 9.64. The third-order valence-electron chi connectivity index (χ3n) is 2.50. The van der Waals surface area contributed by atoms with Crippen molar-refractivity contribution in [2.24, 2.45) is 11.7 Å². The zero-order chi connectivity index (χ0) is 12.8. The number of nitrogens with two attached hydrogens (primary N) is 1. The molecule has 0 aliphatic carbocycles. The fourth-order valence-corrected chi connectivity index (χ4v) is 1.31. The summed E-state index contributed by atoms with van der Waals surface area (Å²) in [6.07, 6.45) is 0.549. The van der Waals surface area contributed by atoms with Gasteiger partial charge in [-0.2, -0.15) is 0 Å². The molecular formula is C12H16N2O3. The van der Waals surface area contributed by atoms with E-state index in [0.29, 0.717) is 18.5 Å². The Bertz CT molecular complexity index is 401. The fraction of sp³-hybridized carbons (Fsp3) is 0.333. The summed E-state index contributed by atoms with van der Waals surface area (Å²) in [5.74, 6) is -1.63. The lowest BCUT2D eigenvalue weighted by Crippen LogP contribution is -2.14. The van der Waals surface area contributed by atoms with Crippen molar-refractivity contribution < 1.29 is 14.7 Å². The Labute approximate surface area is 99.6 Å². The summed E-state index contributed by atoms with van der Waals surface area (Å²) >= 11 is 0. The van der Waals surface area contributed by atoms with Gasteiger partial charge < -0.3 is 16.2 Å². The van der Waals surface area contributed by atoms with Crippen molar-refractivity contribution in [3.63, 3.8) is 0 Å². The summed E-state index contributed by atoms with van der Waals surface area (Å²) in [4.78, 5) is 21.4. The quantitative estimate of drug-likeness (QED) is 0.694. The Balaban J connectivity index is 2.42. The van der Waals surface area contributed by atoms with Crippen molar-refractivity contribution in [3.8, 4) is 0 Å². The highest BCUT2D eigenvalue weighted by molar-refractivity contribution is 5.93. The predicted molar refractivity (Wildman–Crippen MR) is 64.9 cm³/mol. The van der Waals surface area contributed by atoms with Gasteiger partial charge in [0.1, 0.15) is 0 Å². The second-order valence-corrected chi connectivity index (χ2v) is 3.90. The molecule has 1 unspecified atom stereocenters. The van der Waals surface area contributed by atoms with Gasteiger partial charge in [-0.1, -0.05) is 6.92 Å². The maximum absolute atomic E-state index is 10.8. The molecule has 0 aromatic heterocycles. The number of nitrogens with one attached hydrogen (secondary N) is 1. The van der Waals surface area contributed by atoms with E-state index in [1.54, 1.807) is 31.2 Å². The average molecular weight is 236 g/mol. The van der Waals surface area contributed by atoms with Gasteiger partial charge in [-0.25, -0.2) is 0 Å². The fourth-order valence-electron chi connectivity index (χ4n) is 1.31. The maximum atomic E-state index is 10.8. The topological polar surface area (TPSA) is 92.4 Å². The van der Waals surface area contributed by atoms with Crippen molar-refractivity contribution in [1.29, 1.82) is 0 Å². The van der Waals surface area contributed by atoms with Crippen LogP contribution in [-0.2, 0) is 4.79 Å².